The third-order valence-corrected chi connectivity index (χ3v) is 3.15. The van der Waals surface area contributed by atoms with Gasteiger partial charge in [-0.25, -0.2) is 0 Å². The zero-order chi connectivity index (χ0) is 15.8. The van der Waals surface area contributed by atoms with Crippen LogP contribution in [0.15, 0.2) is 24.3 Å². The highest BCUT2D eigenvalue weighted by molar-refractivity contribution is 5.76. The zero-order valence-corrected chi connectivity index (χ0v) is 12.3. The Labute approximate surface area is 124 Å². The fraction of sp³-hybridized carbons (Fsp3) is 0.467. The number of benzene rings is 1. The van der Waals surface area contributed by atoms with Gasteiger partial charge in [-0.15, -0.1) is 0 Å². The van der Waals surface area contributed by atoms with E-state index in [-0.39, 0.29) is 13.0 Å². The molecule has 2 N–H and O–H groups in total. The van der Waals surface area contributed by atoms with Crippen molar-refractivity contribution in [2.45, 2.75) is 25.8 Å². The summed E-state index contributed by atoms with van der Waals surface area (Å²) in [6.45, 7) is 2.66. The van der Waals surface area contributed by atoms with Gasteiger partial charge in [-0.2, -0.15) is 0 Å². The van der Waals surface area contributed by atoms with E-state index < -0.39 is 18.0 Å². The fourth-order valence-electron chi connectivity index (χ4n) is 2.19. The Hall–Kier alpha value is -2.08. The van der Waals surface area contributed by atoms with Gasteiger partial charge in [-0.3, -0.25) is 14.5 Å². The molecule has 0 amide bonds. The van der Waals surface area contributed by atoms with Crippen molar-refractivity contribution in [1.29, 1.82) is 0 Å². The predicted molar refractivity (Wildman–Crippen MR) is 77.5 cm³/mol. The van der Waals surface area contributed by atoms with E-state index in [4.69, 9.17) is 9.84 Å². The van der Waals surface area contributed by atoms with Crippen molar-refractivity contribution in [2.75, 3.05) is 20.2 Å². The fourth-order valence-corrected chi connectivity index (χ4v) is 2.19. The molecule has 1 aromatic rings. The summed E-state index contributed by atoms with van der Waals surface area (Å²) in [5.74, 6) is -1.27. The second-order valence-corrected chi connectivity index (χ2v) is 4.69. The third-order valence-electron chi connectivity index (χ3n) is 3.15. The molecule has 1 unspecified atom stereocenters. The van der Waals surface area contributed by atoms with Crippen molar-refractivity contribution in [3.05, 3.63) is 29.8 Å². The number of carboxylic acid groups (broad SMARTS) is 2. The molecule has 0 saturated carbocycles. The van der Waals surface area contributed by atoms with E-state index in [1.807, 2.05) is 6.92 Å². The smallest absolute Gasteiger partial charge is 0.325 e. The minimum Gasteiger partial charge on any atom is -0.497 e. The number of aliphatic carboxylic acids is 2. The van der Waals surface area contributed by atoms with Crippen molar-refractivity contribution < 1.29 is 24.5 Å². The summed E-state index contributed by atoms with van der Waals surface area (Å²) in [6, 6.07) is 5.94. The molecule has 1 rings (SSSR count). The normalized spacial score (nSPS) is 12.1. The molecule has 0 aromatic heterocycles. The summed E-state index contributed by atoms with van der Waals surface area (Å²) in [6.07, 6.45) is 0.666. The minimum atomic E-state index is -0.987. The summed E-state index contributed by atoms with van der Waals surface area (Å²) in [5.41, 5.74) is 0.613. The molecular formula is C15H21NO5. The summed E-state index contributed by atoms with van der Waals surface area (Å²) in [5, 5.41) is 18.3. The van der Waals surface area contributed by atoms with Crippen LogP contribution < -0.4 is 4.74 Å². The van der Waals surface area contributed by atoms with Gasteiger partial charge in [0, 0.05) is 6.54 Å². The molecule has 0 radical (unpaired) electrons. The average Bonchev–Trinajstić information content (AvgIpc) is 2.45. The van der Waals surface area contributed by atoms with Crippen LogP contribution in [0.4, 0.5) is 0 Å². The summed E-state index contributed by atoms with van der Waals surface area (Å²) in [4.78, 5) is 24.0. The average molecular weight is 295 g/mol. The molecule has 0 aliphatic heterocycles. The highest BCUT2D eigenvalue weighted by Crippen LogP contribution is 2.24. The molecule has 116 valence electrons. The Morgan fingerprint density at radius 2 is 1.81 bits per heavy atom. The lowest BCUT2D eigenvalue weighted by molar-refractivity contribution is -0.145. The third kappa shape index (κ3) is 5.07. The maximum Gasteiger partial charge on any atom is 0.325 e. The molecule has 1 aromatic carbocycles. The van der Waals surface area contributed by atoms with E-state index in [0.717, 1.165) is 6.42 Å². The lowest BCUT2D eigenvalue weighted by Crippen LogP contribution is -2.36. The van der Waals surface area contributed by atoms with Gasteiger partial charge in [0.1, 0.15) is 11.8 Å². The van der Waals surface area contributed by atoms with Crippen LogP contribution in [0.3, 0.4) is 0 Å². The molecule has 0 aliphatic carbocycles. The molecular weight excluding hydrogens is 274 g/mol. The Morgan fingerprint density at radius 1 is 1.19 bits per heavy atom. The van der Waals surface area contributed by atoms with Crippen LogP contribution in [-0.2, 0) is 9.59 Å². The largest absolute Gasteiger partial charge is 0.497 e. The second kappa shape index (κ2) is 8.26. The number of carbonyl (C=O) groups is 2. The predicted octanol–water partition coefficient (Wildman–Crippen LogP) is 2.01. The van der Waals surface area contributed by atoms with Gasteiger partial charge in [0.2, 0.25) is 0 Å². The number of nitrogens with zero attached hydrogens (tertiary/aromatic N) is 1. The molecule has 0 spiro atoms. The number of rotatable bonds is 9. The maximum absolute atomic E-state index is 11.6. The highest BCUT2D eigenvalue weighted by Gasteiger charge is 2.27. The number of methoxy groups -OCH3 is 1. The number of ether oxygens (including phenoxy) is 1. The minimum absolute atomic E-state index is 0.0834. The van der Waals surface area contributed by atoms with Crippen molar-refractivity contribution in [2.24, 2.45) is 0 Å². The topological polar surface area (TPSA) is 87.1 Å². The first-order valence-electron chi connectivity index (χ1n) is 6.82. The van der Waals surface area contributed by atoms with Crippen molar-refractivity contribution in [3.8, 4) is 5.75 Å². The molecule has 21 heavy (non-hydrogen) atoms. The van der Waals surface area contributed by atoms with E-state index in [1.54, 1.807) is 36.3 Å². The first kappa shape index (κ1) is 17.0. The van der Waals surface area contributed by atoms with Crippen LogP contribution in [0.1, 0.15) is 31.4 Å². The highest BCUT2D eigenvalue weighted by atomic mass is 16.5. The lowest BCUT2D eigenvalue weighted by Gasteiger charge is -2.28. The van der Waals surface area contributed by atoms with Crippen LogP contribution in [0.5, 0.6) is 5.75 Å². The van der Waals surface area contributed by atoms with Gasteiger partial charge >= 0.3 is 11.9 Å². The first-order valence-corrected chi connectivity index (χ1v) is 6.82. The van der Waals surface area contributed by atoms with Gasteiger partial charge < -0.3 is 14.9 Å². The molecule has 0 fully saturated rings. The first-order chi connectivity index (χ1) is 9.99. The van der Waals surface area contributed by atoms with Crippen LogP contribution >= 0.6 is 0 Å². The van der Waals surface area contributed by atoms with E-state index in [0.29, 0.717) is 17.9 Å². The van der Waals surface area contributed by atoms with Gasteiger partial charge in [0.25, 0.3) is 0 Å². The summed E-state index contributed by atoms with van der Waals surface area (Å²) < 4.78 is 5.06. The number of hydrogen-bond donors (Lipinski definition) is 2. The molecule has 1 atom stereocenters. The number of hydrogen-bond acceptors (Lipinski definition) is 4. The van der Waals surface area contributed by atoms with Crippen molar-refractivity contribution in [1.82, 2.24) is 4.90 Å². The van der Waals surface area contributed by atoms with Crippen molar-refractivity contribution >= 4 is 11.9 Å². The Balaban J connectivity index is 2.98. The molecule has 6 nitrogen and oxygen atoms in total. The Kier molecular flexibility index (Phi) is 6.68. The molecule has 0 saturated heterocycles. The lowest BCUT2D eigenvalue weighted by atomic mass is 10.0. The zero-order valence-electron chi connectivity index (χ0n) is 12.3. The van der Waals surface area contributed by atoms with Crippen LogP contribution in [0.25, 0.3) is 0 Å². The van der Waals surface area contributed by atoms with Gasteiger partial charge in [-0.1, -0.05) is 19.1 Å². The van der Waals surface area contributed by atoms with E-state index >= 15 is 0 Å². The van der Waals surface area contributed by atoms with Gasteiger partial charge in [-0.05, 0) is 30.7 Å². The van der Waals surface area contributed by atoms with E-state index in [1.165, 1.54) is 0 Å². The molecule has 6 heteroatoms. The summed E-state index contributed by atoms with van der Waals surface area (Å²) >= 11 is 0. The molecule has 0 aliphatic rings. The van der Waals surface area contributed by atoms with Gasteiger partial charge in [0.15, 0.2) is 0 Å². The van der Waals surface area contributed by atoms with Crippen LogP contribution in [-0.4, -0.2) is 47.3 Å². The van der Waals surface area contributed by atoms with Gasteiger partial charge in [0.05, 0.1) is 13.5 Å². The number of carboxylic acids is 2. The van der Waals surface area contributed by atoms with Crippen LogP contribution in [0, 0.1) is 0 Å². The quantitative estimate of drug-likeness (QED) is 0.724. The standard InChI is InChI=1S/C15H21NO5/c1-3-9-16(10-8-13(17)18)14(15(19)20)11-4-6-12(21-2)7-5-11/h4-7,14H,3,8-10H2,1-2H3,(H,17,18)(H,19,20). The summed E-state index contributed by atoms with van der Waals surface area (Å²) in [7, 11) is 1.54. The van der Waals surface area contributed by atoms with Crippen LogP contribution in [0.2, 0.25) is 0 Å². The van der Waals surface area contributed by atoms with Crippen molar-refractivity contribution in [3.63, 3.8) is 0 Å². The molecule has 0 bridgehead atoms. The SMILES string of the molecule is CCCN(CCC(=O)O)C(C(=O)O)c1ccc(OC)cc1. The Bertz CT molecular complexity index is 471. The molecule has 0 heterocycles. The Morgan fingerprint density at radius 3 is 2.24 bits per heavy atom. The maximum atomic E-state index is 11.6. The second-order valence-electron chi connectivity index (χ2n) is 4.69. The van der Waals surface area contributed by atoms with E-state index in [2.05, 4.69) is 0 Å². The monoisotopic (exact) mass is 295 g/mol. The van der Waals surface area contributed by atoms with E-state index in [9.17, 15) is 14.7 Å².